The van der Waals surface area contributed by atoms with E-state index in [2.05, 4.69) is 148 Å². The Labute approximate surface area is 301 Å². The molecule has 4 aromatic heterocycles. The van der Waals surface area contributed by atoms with Crippen LogP contribution in [0.2, 0.25) is 26.2 Å². The van der Waals surface area contributed by atoms with Gasteiger partial charge < -0.3 is 0 Å². The van der Waals surface area contributed by atoms with Gasteiger partial charge in [0.05, 0.1) is 33.8 Å². The van der Waals surface area contributed by atoms with Crippen molar-refractivity contribution in [2.75, 3.05) is 0 Å². The van der Waals surface area contributed by atoms with E-state index in [4.69, 9.17) is 4.98 Å². The fourth-order valence-corrected chi connectivity index (χ4v) is 11.8. The molecule has 0 saturated carbocycles. The highest BCUT2D eigenvalue weighted by molar-refractivity contribution is 7.01. The van der Waals surface area contributed by atoms with Gasteiger partial charge in [-0.25, -0.2) is 4.98 Å². The first-order chi connectivity index (χ1) is 24.6. The van der Waals surface area contributed by atoms with Crippen LogP contribution in [0.3, 0.4) is 0 Å². The Kier molecular flexibility index (Phi) is 8.08. The fraction of sp³-hybridized carbons (Fsp3) is 0.140. The summed E-state index contributed by atoms with van der Waals surface area (Å²) >= 11 is 0. The van der Waals surface area contributed by atoms with Gasteiger partial charge in [-0.1, -0.05) is 132 Å². The van der Waals surface area contributed by atoms with Crippen molar-refractivity contribution < 1.29 is 0 Å². The first-order valence-corrected chi connectivity index (χ1v) is 23.4. The second-order valence-corrected chi connectivity index (χ2v) is 23.2. The molecule has 0 atom stereocenters. The van der Waals surface area contributed by atoms with Crippen molar-refractivity contribution >= 4 is 58.7 Å². The smallest absolute Gasteiger partial charge is 0.254 e. The van der Waals surface area contributed by atoms with E-state index < -0.39 is 16.1 Å². The summed E-state index contributed by atoms with van der Waals surface area (Å²) < 4.78 is 2.24. The van der Waals surface area contributed by atoms with Gasteiger partial charge in [0.25, 0.3) is 5.95 Å². The molecule has 6 nitrogen and oxygen atoms in total. The third-order valence-electron chi connectivity index (χ3n) is 10.6. The average Bonchev–Trinajstić information content (AvgIpc) is 3.50. The van der Waals surface area contributed by atoms with E-state index in [1.54, 1.807) is 0 Å². The molecule has 0 aliphatic rings. The van der Waals surface area contributed by atoms with E-state index >= 15 is 0 Å². The molecule has 8 rings (SSSR count). The van der Waals surface area contributed by atoms with Crippen LogP contribution in [-0.4, -0.2) is 45.9 Å². The number of pyridine rings is 2. The lowest BCUT2D eigenvalue weighted by molar-refractivity contribution is 0.839. The van der Waals surface area contributed by atoms with E-state index in [0.717, 1.165) is 44.9 Å². The van der Waals surface area contributed by atoms with Crippen molar-refractivity contribution in [1.82, 2.24) is 29.7 Å². The molecule has 0 spiro atoms. The largest absolute Gasteiger partial charge is 0.277 e. The maximum absolute atomic E-state index is 5.00. The van der Waals surface area contributed by atoms with Crippen molar-refractivity contribution in [3.63, 3.8) is 0 Å². The minimum Gasteiger partial charge on any atom is -0.277 e. The molecule has 8 heteroatoms. The van der Waals surface area contributed by atoms with Gasteiger partial charge in [-0.2, -0.15) is 5.10 Å². The van der Waals surface area contributed by atoms with Gasteiger partial charge >= 0.3 is 0 Å². The summed E-state index contributed by atoms with van der Waals surface area (Å²) in [7, 11) is -4.29. The number of benzene rings is 4. The molecule has 0 radical (unpaired) electrons. The second kappa shape index (κ2) is 12.6. The minimum absolute atomic E-state index is 0.598. The van der Waals surface area contributed by atoms with Gasteiger partial charge in [0.1, 0.15) is 16.1 Å². The molecule has 0 amide bonds. The van der Waals surface area contributed by atoms with E-state index in [9.17, 15) is 0 Å². The number of rotatable bonds is 7. The Morgan fingerprint density at radius 2 is 0.961 bits per heavy atom. The predicted octanol–water partition coefficient (Wildman–Crippen LogP) is 7.35. The lowest BCUT2D eigenvalue weighted by atomic mass is 10.1. The topological polar surface area (TPSA) is 69.4 Å². The van der Waals surface area contributed by atoms with Gasteiger partial charge in [0, 0.05) is 23.2 Å². The molecule has 0 aliphatic heterocycles. The highest BCUT2D eigenvalue weighted by atomic mass is 28.3. The average molecular weight is 697 g/mol. The Hall–Kier alpha value is -5.58. The zero-order valence-corrected chi connectivity index (χ0v) is 31.9. The normalized spacial score (nSPS) is 12.1. The third kappa shape index (κ3) is 5.80. The number of aryl methyl sites for hydroxylation is 2. The van der Waals surface area contributed by atoms with Gasteiger partial charge in [-0.15, -0.1) is 5.10 Å². The van der Waals surface area contributed by atoms with E-state index in [1.807, 2.05) is 50.5 Å². The number of nitrogens with zero attached hydrogens (tertiary/aromatic N) is 6. The molecule has 0 N–H and O–H groups in total. The summed E-state index contributed by atoms with van der Waals surface area (Å²) in [4.78, 5) is 14.2. The fourth-order valence-electron chi connectivity index (χ4n) is 7.09. The van der Waals surface area contributed by atoms with E-state index in [0.29, 0.717) is 5.95 Å². The van der Waals surface area contributed by atoms with Crippen molar-refractivity contribution in [2.45, 2.75) is 40.0 Å². The molecule has 8 aromatic rings. The summed E-state index contributed by atoms with van der Waals surface area (Å²) in [6.07, 6.45) is 3.71. The summed E-state index contributed by atoms with van der Waals surface area (Å²) in [5.74, 6) is 0.598. The Morgan fingerprint density at radius 1 is 0.471 bits per heavy atom. The summed E-state index contributed by atoms with van der Waals surface area (Å²) in [5.41, 5.74) is 8.18. The van der Waals surface area contributed by atoms with Crippen LogP contribution in [0.5, 0.6) is 0 Å². The first-order valence-electron chi connectivity index (χ1n) is 17.4. The lowest BCUT2D eigenvalue weighted by Gasteiger charge is -2.25. The first kappa shape index (κ1) is 32.6. The molecular formula is C43H40N6Si2. The van der Waals surface area contributed by atoms with Crippen LogP contribution in [0.25, 0.3) is 50.3 Å². The maximum Gasteiger partial charge on any atom is 0.254 e. The van der Waals surface area contributed by atoms with Crippen LogP contribution in [-0.2, 0) is 0 Å². The van der Waals surface area contributed by atoms with Gasteiger partial charge in [-0.05, 0) is 61.4 Å². The maximum atomic E-state index is 5.00. The summed E-state index contributed by atoms with van der Waals surface area (Å²) in [5, 5.41) is 17.0. The van der Waals surface area contributed by atoms with E-state index in [-0.39, 0.29) is 0 Å². The Balaban J connectivity index is 1.29. The van der Waals surface area contributed by atoms with Gasteiger partial charge in [0.2, 0.25) is 0 Å². The molecule has 250 valence electrons. The SMILES string of the molecule is Cc1nnc(-n2c3cc([Si](C)(C)c4cccc(-c5ccccn5)c4)ccc3c3ccc([Si](C)(C)c4cccc(-c5ccccn5)c4)cc32)nc1C. The summed E-state index contributed by atoms with van der Waals surface area (Å²) in [6, 6.07) is 44.0. The highest BCUT2D eigenvalue weighted by Gasteiger charge is 2.30. The van der Waals surface area contributed by atoms with Crippen molar-refractivity contribution in [3.05, 3.63) is 145 Å². The zero-order valence-electron chi connectivity index (χ0n) is 29.9. The second-order valence-electron chi connectivity index (χ2n) is 14.4. The molecular weight excluding hydrogens is 657 g/mol. The molecule has 0 aliphatic carbocycles. The molecule has 4 aromatic carbocycles. The molecule has 0 fully saturated rings. The minimum atomic E-state index is -2.14. The van der Waals surface area contributed by atoms with Gasteiger partial charge in [-0.3, -0.25) is 14.5 Å². The van der Waals surface area contributed by atoms with Crippen LogP contribution in [0.4, 0.5) is 0 Å². The molecule has 51 heavy (non-hydrogen) atoms. The van der Waals surface area contributed by atoms with Crippen LogP contribution < -0.4 is 20.7 Å². The standard InChI is InChI=1S/C43H40N6Si2/c1-29-30(2)47-48-43(46-29)49-41-27-35(50(3,4)33-15-11-13-31(25-33)39-17-7-9-23-44-39)19-21-37(41)38-22-20-36(28-42(38)49)51(5,6)34-16-12-14-32(26-34)40-18-8-10-24-45-40/h7-28H,1-6H3. The van der Waals surface area contributed by atoms with Crippen LogP contribution in [0, 0.1) is 13.8 Å². The molecule has 0 unspecified atom stereocenters. The van der Waals surface area contributed by atoms with Crippen LogP contribution in [0.15, 0.2) is 134 Å². The monoisotopic (exact) mass is 696 g/mol. The predicted molar refractivity (Wildman–Crippen MR) is 216 cm³/mol. The van der Waals surface area contributed by atoms with E-state index in [1.165, 1.54) is 31.5 Å². The van der Waals surface area contributed by atoms with Crippen LogP contribution >= 0.6 is 0 Å². The molecule has 0 saturated heterocycles. The number of aromatic nitrogens is 6. The summed E-state index contributed by atoms with van der Waals surface area (Å²) in [6.45, 7) is 13.7. The number of hydrogen-bond donors (Lipinski definition) is 0. The Morgan fingerprint density at radius 3 is 1.41 bits per heavy atom. The zero-order chi connectivity index (χ0) is 35.3. The van der Waals surface area contributed by atoms with Crippen molar-refractivity contribution in [3.8, 4) is 28.5 Å². The third-order valence-corrected chi connectivity index (χ3v) is 17.6. The quantitative estimate of drug-likeness (QED) is 0.163. The van der Waals surface area contributed by atoms with Crippen LogP contribution in [0.1, 0.15) is 11.4 Å². The molecule has 0 bridgehead atoms. The number of fused-ring (bicyclic) bond motifs is 3. The van der Waals surface area contributed by atoms with Gasteiger partial charge in [0.15, 0.2) is 0 Å². The van der Waals surface area contributed by atoms with Crippen molar-refractivity contribution in [1.29, 1.82) is 0 Å². The Bertz CT molecular complexity index is 2410. The van der Waals surface area contributed by atoms with Crippen molar-refractivity contribution in [2.24, 2.45) is 0 Å². The molecule has 4 heterocycles. The number of hydrogen-bond acceptors (Lipinski definition) is 5. The lowest BCUT2D eigenvalue weighted by Crippen LogP contribution is -2.52. The highest BCUT2D eigenvalue weighted by Crippen LogP contribution is 2.31.